The molecule has 1 aliphatic rings. The number of aromatic amines is 1. The van der Waals surface area contributed by atoms with Gasteiger partial charge in [-0.3, -0.25) is 14.9 Å². The van der Waals surface area contributed by atoms with E-state index in [4.69, 9.17) is 16.3 Å². The molecule has 2 aromatic rings. The molecule has 7 heteroatoms. The highest BCUT2D eigenvalue weighted by molar-refractivity contribution is 6.33. The van der Waals surface area contributed by atoms with E-state index in [-0.39, 0.29) is 17.9 Å². The lowest BCUT2D eigenvalue weighted by Gasteiger charge is -2.31. The molecule has 3 heterocycles. The van der Waals surface area contributed by atoms with E-state index in [1.54, 1.807) is 18.5 Å². The minimum Gasteiger partial charge on any atom is -0.372 e. The van der Waals surface area contributed by atoms with Crippen LogP contribution >= 0.6 is 11.6 Å². The van der Waals surface area contributed by atoms with Crippen molar-refractivity contribution in [3.05, 3.63) is 47.0 Å². The minimum absolute atomic E-state index is 0.0653. The maximum absolute atomic E-state index is 12.2. The van der Waals surface area contributed by atoms with Crippen LogP contribution in [0.2, 0.25) is 5.02 Å². The molecule has 0 radical (unpaired) electrons. The van der Waals surface area contributed by atoms with Gasteiger partial charge in [0.1, 0.15) is 6.10 Å². The minimum atomic E-state index is -0.193. The number of amides is 1. The summed E-state index contributed by atoms with van der Waals surface area (Å²) in [7, 11) is 0. The fourth-order valence-electron chi connectivity index (χ4n) is 2.70. The Morgan fingerprint density at radius 1 is 1.45 bits per heavy atom. The molecule has 6 nitrogen and oxygen atoms in total. The lowest BCUT2D eigenvalue weighted by molar-refractivity contribution is -0.0297. The number of ether oxygens (including phenoxy) is 1. The van der Waals surface area contributed by atoms with Crippen molar-refractivity contribution in [2.24, 2.45) is 5.92 Å². The number of carbonyl (C=O) groups is 1. The fraction of sp³-hybridized carbons (Fsp3) is 0.400. The van der Waals surface area contributed by atoms with Gasteiger partial charge in [-0.15, -0.1) is 0 Å². The Bertz CT molecular complexity index is 632. The topological polar surface area (TPSA) is 79.9 Å². The van der Waals surface area contributed by atoms with Crippen LogP contribution in [0, 0.1) is 5.92 Å². The highest BCUT2D eigenvalue weighted by Gasteiger charge is 2.29. The van der Waals surface area contributed by atoms with Gasteiger partial charge in [0.25, 0.3) is 5.91 Å². The fourth-order valence-corrected chi connectivity index (χ4v) is 2.90. The van der Waals surface area contributed by atoms with E-state index in [1.165, 1.54) is 6.20 Å². The lowest BCUT2D eigenvalue weighted by atomic mass is 9.92. The zero-order valence-corrected chi connectivity index (χ0v) is 12.7. The Morgan fingerprint density at radius 2 is 2.36 bits per heavy atom. The molecule has 2 aromatic heterocycles. The van der Waals surface area contributed by atoms with Crippen LogP contribution in [0.3, 0.4) is 0 Å². The Balaban J connectivity index is 1.64. The molecule has 2 atom stereocenters. The normalized spacial score (nSPS) is 21.5. The number of H-pyrrole nitrogens is 1. The van der Waals surface area contributed by atoms with Crippen molar-refractivity contribution in [1.29, 1.82) is 0 Å². The van der Waals surface area contributed by atoms with Gasteiger partial charge in [-0.25, -0.2) is 0 Å². The maximum atomic E-state index is 12.2. The molecule has 3 rings (SSSR count). The van der Waals surface area contributed by atoms with Crippen LogP contribution in [-0.2, 0) is 4.74 Å². The molecule has 0 unspecified atom stereocenters. The summed E-state index contributed by atoms with van der Waals surface area (Å²) in [5, 5.41) is 10.2. The van der Waals surface area contributed by atoms with Crippen molar-refractivity contribution in [1.82, 2.24) is 20.5 Å². The highest BCUT2D eigenvalue weighted by Crippen LogP contribution is 2.32. The number of halogens is 1. The lowest BCUT2D eigenvalue weighted by Crippen LogP contribution is -2.35. The summed E-state index contributed by atoms with van der Waals surface area (Å²) in [6.45, 7) is 1.26. The monoisotopic (exact) mass is 320 g/mol. The first-order valence-corrected chi connectivity index (χ1v) is 7.62. The largest absolute Gasteiger partial charge is 0.372 e. The van der Waals surface area contributed by atoms with E-state index in [1.807, 2.05) is 6.07 Å². The summed E-state index contributed by atoms with van der Waals surface area (Å²) in [6.07, 6.45) is 6.64. The van der Waals surface area contributed by atoms with Crippen molar-refractivity contribution in [2.45, 2.75) is 18.9 Å². The van der Waals surface area contributed by atoms with E-state index in [9.17, 15) is 4.79 Å². The quantitative estimate of drug-likeness (QED) is 0.906. The Labute approximate surface area is 133 Å². The number of pyridine rings is 1. The zero-order valence-electron chi connectivity index (χ0n) is 12.0. The Hall–Kier alpha value is -1.92. The summed E-state index contributed by atoms with van der Waals surface area (Å²) < 4.78 is 5.84. The number of carbonyl (C=O) groups excluding carboxylic acids is 1. The van der Waals surface area contributed by atoms with Crippen LogP contribution in [-0.4, -0.2) is 34.2 Å². The van der Waals surface area contributed by atoms with E-state index >= 15 is 0 Å². The first-order chi connectivity index (χ1) is 10.8. The van der Waals surface area contributed by atoms with Crippen LogP contribution in [0.4, 0.5) is 0 Å². The third-order valence-electron chi connectivity index (χ3n) is 3.82. The molecule has 0 saturated carbocycles. The Morgan fingerprint density at radius 3 is 3.14 bits per heavy atom. The van der Waals surface area contributed by atoms with Gasteiger partial charge in [0.15, 0.2) is 0 Å². The van der Waals surface area contributed by atoms with Crippen molar-refractivity contribution in [3.8, 4) is 0 Å². The second-order valence-corrected chi connectivity index (χ2v) is 5.68. The molecular formula is C15H17ClN4O2. The molecule has 1 aliphatic heterocycles. The first-order valence-electron chi connectivity index (χ1n) is 7.24. The molecule has 0 aromatic carbocycles. The SMILES string of the molecule is O=C(NC[C@@H]1CCCO[C@H]1c1ccn[nH]1)c1ccncc1Cl. The van der Waals surface area contributed by atoms with Crippen LogP contribution < -0.4 is 5.32 Å². The second kappa shape index (κ2) is 6.89. The number of nitrogens with one attached hydrogen (secondary N) is 2. The van der Waals surface area contributed by atoms with Gasteiger partial charge < -0.3 is 10.1 Å². The van der Waals surface area contributed by atoms with Crippen LogP contribution in [0.15, 0.2) is 30.7 Å². The number of aromatic nitrogens is 3. The van der Waals surface area contributed by atoms with Crippen LogP contribution in [0.1, 0.15) is 35.0 Å². The second-order valence-electron chi connectivity index (χ2n) is 5.27. The van der Waals surface area contributed by atoms with Gasteiger partial charge in [0.2, 0.25) is 0 Å². The predicted molar refractivity (Wildman–Crippen MR) is 81.6 cm³/mol. The van der Waals surface area contributed by atoms with Gasteiger partial charge in [-0.1, -0.05) is 11.6 Å². The van der Waals surface area contributed by atoms with Gasteiger partial charge in [-0.05, 0) is 25.0 Å². The van der Waals surface area contributed by atoms with Gasteiger partial charge >= 0.3 is 0 Å². The van der Waals surface area contributed by atoms with Crippen molar-refractivity contribution < 1.29 is 9.53 Å². The standard InChI is InChI=1S/C15H17ClN4O2/c16-12-9-17-5-3-11(12)15(21)18-8-10-2-1-7-22-14(10)13-4-6-19-20-13/h3-6,9-10,14H,1-2,7-8H2,(H,18,21)(H,19,20)/t10-,14+/m0/s1. The average Bonchev–Trinajstić information content (AvgIpc) is 3.07. The van der Waals surface area contributed by atoms with E-state index < -0.39 is 0 Å². The molecule has 0 spiro atoms. The highest BCUT2D eigenvalue weighted by atomic mass is 35.5. The molecule has 22 heavy (non-hydrogen) atoms. The van der Waals surface area contributed by atoms with Gasteiger partial charge in [-0.2, -0.15) is 5.10 Å². The first kappa shape index (κ1) is 15.0. The smallest absolute Gasteiger partial charge is 0.252 e. The molecule has 1 saturated heterocycles. The molecule has 2 N–H and O–H groups in total. The van der Waals surface area contributed by atoms with Crippen molar-refractivity contribution in [2.75, 3.05) is 13.2 Å². The van der Waals surface area contributed by atoms with E-state index in [0.717, 1.165) is 25.1 Å². The molecule has 1 fully saturated rings. The summed E-state index contributed by atoms with van der Waals surface area (Å²) in [5.74, 6) is 0.0140. The summed E-state index contributed by atoms with van der Waals surface area (Å²) in [4.78, 5) is 16.1. The molecule has 1 amide bonds. The van der Waals surface area contributed by atoms with Gasteiger partial charge in [0.05, 0.1) is 16.3 Å². The number of nitrogens with zero attached hydrogens (tertiary/aromatic N) is 2. The van der Waals surface area contributed by atoms with Crippen LogP contribution in [0.25, 0.3) is 0 Å². The molecular weight excluding hydrogens is 304 g/mol. The van der Waals surface area contributed by atoms with Crippen molar-refractivity contribution in [3.63, 3.8) is 0 Å². The van der Waals surface area contributed by atoms with E-state index in [0.29, 0.717) is 17.1 Å². The number of rotatable bonds is 4. The van der Waals surface area contributed by atoms with Crippen LogP contribution in [0.5, 0.6) is 0 Å². The summed E-state index contributed by atoms with van der Waals surface area (Å²) in [6, 6.07) is 3.52. The maximum Gasteiger partial charge on any atom is 0.252 e. The molecule has 0 aliphatic carbocycles. The third-order valence-corrected chi connectivity index (χ3v) is 4.12. The number of hydrogen-bond acceptors (Lipinski definition) is 4. The summed E-state index contributed by atoms with van der Waals surface area (Å²) in [5.41, 5.74) is 1.38. The number of hydrogen-bond donors (Lipinski definition) is 2. The summed E-state index contributed by atoms with van der Waals surface area (Å²) >= 11 is 5.99. The van der Waals surface area contributed by atoms with Gasteiger partial charge in [0, 0.05) is 37.7 Å². The third kappa shape index (κ3) is 3.28. The molecule has 0 bridgehead atoms. The van der Waals surface area contributed by atoms with E-state index in [2.05, 4.69) is 20.5 Å². The molecule has 116 valence electrons. The average molecular weight is 321 g/mol. The van der Waals surface area contributed by atoms with Crippen molar-refractivity contribution >= 4 is 17.5 Å². The predicted octanol–water partition coefficient (Wildman–Crippen LogP) is 2.36. The Kier molecular flexibility index (Phi) is 4.70. The zero-order chi connectivity index (χ0) is 15.4.